The van der Waals surface area contributed by atoms with Crippen LogP contribution in [0.15, 0.2) is 6.33 Å². The van der Waals surface area contributed by atoms with Crippen molar-refractivity contribution in [1.82, 2.24) is 19.5 Å². The lowest BCUT2D eigenvalue weighted by molar-refractivity contribution is 0.754. The Morgan fingerprint density at radius 2 is 1.90 bits per heavy atom. The molecule has 0 unspecified atom stereocenters. The number of nitrogens with one attached hydrogen (secondary N) is 1. The van der Waals surface area contributed by atoms with Gasteiger partial charge in [-0.25, -0.2) is 15.0 Å². The van der Waals surface area contributed by atoms with E-state index in [-0.39, 0.29) is 5.92 Å². The molecule has 0 saturated heterocycles. The van der Waals surface area contributed by atoms with E-state index in [0.717, 1.165) is 47.4 Å². The van der Waals surface area contributed by atoms with Gasteiger partial charge in [-0.3, -0.25) is 4.57 Å². The van der Waals surface area contributed by atoms with Crippen molar-refractivity contribution in [2.45, 2.75) is 53.9 Å². The number of rotatable bonds is 5. The van der Waals surface area contributed by atoms with Crippen molar-refractivity contribution in [2.75, 3.05) is 11.9 Å². The molecule has 0 fully saturated rings. The van der Waals surface area contributed by atoms with E-state index in [9.17, 15) is 0 Å². The van der Waals surface area contributed by atoms with Crippen molar-refractivity contribution in [2.24, 2.45) is 0 Å². The first-order chi connectivity index (χ1) is 9.95. The average Bonchev–Trinajstić information content (AvgIpc) is 2.78. The van der Waals surface area contributed by atoms with Gasteiger partial charge in [-0.2, -0.15) is 0 Å². The first-order valence-electron chi connectivity index (χ1n) is 7.59. The summed E-state index contributed by atoms with van der Waals surface area (Å²) in [6.45, 7) is 13.4. The van der Waals surface area contributed by atoms with Crippen LogP contribution in [0.3, 0.4) is 0 Å². The Morgan fingerprint density at radius 1 is 1.19 bits per heavy atom. The highest BCUT2D eigenvalue weighted by Gasteiger charge is 2.16. The number of aryl methyl sites for hydroxylation is 1. The first kappa shape index (κ1) is 15.5. The van der Waals surface area contributed by atoms with Gasteiger partial charge >= 0.3 is 0 Å². The van der Waals surface area contributed by atoms with Gasteiger partial charge in [-0.05, 0) is 27.2 Å². The molecule has 2 aromatic heterocycles. The van der Waals surface area contributed by atoms with E-state index >= 15 is 0 Å². The maximum atomic E-state index is 4.76. The lowest BCUT2D eigenvalue weighted by Gasteiger charge is -2.16. The number of imidazole rings is 1. The molecule has 114 valence electrons. The van der Waals surface area contributed by atoms with Crippen LogP contribution in [-0.2, 0) is 0 Å². The van der Waals surface area contributed by atoms with Crippen LogP contribution in [0.25, 0.3) is 5.82 Å². The third kappa shape index (κ3) is 3.06. The summed E-state index contributed by atoms with van der Waals surface area (Å²) >= 11 is 0. The minimum absolute atomic E-state index is 0.288. The molecular weight excluding hydrogens is 262 g/mol. The van der Waals surface area contributed by atoms with Crippen LogP contribution in [-0.4, -0.2) is 26.1 Å². The summed E-state index contributed by atoms with van der Waals surface area (Å²) in [5.41, 5.74) is 3.21. The number of aromatic nitrogens is 4. The van der Waals surface area contributed by atoms with Gasteiger partial charge in [-0.15, -0.1) is 0 Å². The molecule has 0 spiro atoms. The summed E-state index contributed by atoms with van der Waals surface area (Å²) < 4.78 is 2.05. The lowest BCUT2D eigenvalue weighted by atomic mass is 10.2. The number of hydrogen-bond donors (Lipinski definition) is 1. The van der Waals surface area contributed by atoms with Crippen LogP contribution in [0.5, 0.6) is 0 Å². The van der Waals surface area contributed by atoms with Crippen LogP contribution in [0.4, 0.5) is 5.82 Å². The van der Waals surface area contributed by atoms with Gasteiger partial charge in [-0.1, -0.05) is 20.8 Å². The topological polar surface area (TPSA) is 55.6 Å². The second kappa shape index (κ2) is 6.24. The summed E-state index contributed by atoms with van der Waals surface area (Å²) in [5.74, 6) is 3.00. The quantitative estimate of drug-likeness (QED) is 0.914. The van der Waals surface area contributed by atoms with Crippen molar-refractivity contribution in [1.29, 1.82) is 0 Å². The SMILES string of the molecule is CCCNc1nc(C(C)C)nc(-n2cnc(C)c2C)c1C. The molecule has 0 radical (unpaired) electrons. The predicted octanol–water partition coefficient (Wildman–Crippen LogP) is 3.53. The summed E-state index contributed by atoms with van der Waals surface area (Å²) in [6, 6.07) is 0. The van der Waals surface area contributed by atoms with Gasteiger partial charge in [0.05, 0.1) is 5.69 Å². The largest absolute Gasteiger partial charge is 0.370 e. The van der Waals surface area contributed by atoms with E-state index in [2.05, 4.69) is 54.5 Å². The van der Waals surface area contributed by atoms with E-state index in [4.69, 9.17) is 4.98 Å². The van der Waals surface area contributed by atoms with Gasteiger partial charge in [0.25, 0.3) is 0 Å². The Hall–Kier alpha value is -1.91. The number of hydrogen-bond acceptors (Lipinski definition) is 4. The Bertz CT molecular complexity index is 628. The van der Waals surface area contributed by atoms with Crippen molar-refractivity contribution in [3.8, 4) is 5.82 Å². The second-order valence-electron chi connectivity index (χ2n) is 5.75. The highest BCUT2D eigenvalue weighted by molar-refractivity contribution is 5.52. The second-order valence-corrected chi connectivity index (χ2v) is 5.75. The molecular formula is C16H25N5. The fraction of sp³-hybridized carbons (Fsp3) is 0.562. The van der Waals surface area contributed by atoms with Crippen LogP contribution in [0.2, 0.25) is 0 Å². The van der Waals surface area contributed by atoms with Crippen molar-refractivity contribution < 1.29 is 0 Å². The van der Waals surface area contributed by atoms with Crippen molar-refractivity contribution in [3.05, 3.63) is 29.1 Å². The fourth-order valence-electron chi connectivity index (χ4n) is 2.14. The van der Waals surface area contributed by atoms with Crippen LogP contribution in [0.1, 0.15) is 55.9 Å². The molecule has 0 bridgehead atoms. The molecule has 0 saturated carbocycles. The average molecular weight is 287 g/mol. The number of anilines is 1. The first-order valence-corrected chi connectivity index (χ1v) is 7.59. The van der Waals surface area contributed by atoms with E-state index in [0.29, 0.717) is 0 Å². The van der Waals surface area contributed by atoms with Crippen molar-refractivity contribution >= 4 is 5.82 Å². The van der Waals surface area contributed by atoms with Crippen LogP contribution >= 0.6 is 0 Å². The third-order valence-corrected chi connectivity index (χ3v) is 3.68. The molecule has 2 aromatic rings. The lowest BCUT2D eigenvalue weighted by Crippen LogP contribution is -2.13. The molecule has 0 aliphatic carbocycles. The molecule has 5 nitrogen and oxygen atoms in total. The summed E-state index contributed by atoms with van der Waals surface area (Å²) in [4.78, 5) is 13.8. The third-order valence-electron chi connectivity index (χ3n) is 3.68. The summed E-state index contributed by atoms with van der Waals surface area (Å²) in [6.07, 6.45) is 2.91. The molecule has 21 heavy (non-hydrogen) atoms. The highest BCUT2D eigenvalue weighted by Crippen LogP contribution is 2.24. The molecule has 5 heteroatoms. The molecule has 0 atom stereocenters. The smallest absolute Gasteiger partial charge is 0.146 e. The number of nitrogens with zero attached hydrogens (tertiary/aromatic N) is 4. The minimum Gasteiger partial charge on any atom is -0.370 e. The zero-order chi connectivity index (χ0) is 15.6. The van der Waals surface area contributed by atoms with E-state index in [1.165, 1.54) is 0 Å². The zero-order valence-electron chi connectivity index (χ0n) is 13.9. The highest BCUT2D eigenvalue weighted by atomic mass is 15.2. The van der Waals surface area contributed by atoms with Gasteiger partial charge in [0, 0.05) is 23.7 Å². The maximum Gasteiger partial charge on any atom is 0.146 e. The van der Waals surface area contributed by atoms with Crippen LogP contribution in [0, 0.1) is 20.8 Å². The molecule has 2 heterocycles. The van der Waals surface area contributed by atoms with E-state index in [1.807, 2.05) is 13.3 Å². The molecule has 1 N–H and O–H groups in total. The van der Waals surface area contributed by atoms with Gasteiger partial charge in [0.2, 0.25) is 0 Å². The molecule has 0 amide bonds. The summed E-state index contributed by atoms with van der Waals surface area (Å²) in [7, 11) is 0. The van der Waals surface area contributed by atoms with Gasteiger partial charge < -0.3 is 5.32 Å². The minimum atomic E-state index is 0.288. The molecule has 0 aromatic carbocycles. The normalized spacial score (nSPS) is 11.2. The van der Waals surface area contributed by atoms with Gasteiger partial charge in [0.15, 0.2) is 0 Å². The Labute approximate surface area is 126 Å². The Kier molecular flexibility index (Phi) is 4.60. The molecule has 2 rings (SSSR count). The Morgan fingerprint density at radius 3 is 2.43 bits per heavy atom. The maximum absolute atomic E-state index is 4.76. The Balaban J connectivity index is 2.58. The monoisotopic (exact) mass is 287 g/mol. The van der Waals surface area contributed by atoms with E-state index < -0.39 is 0 Å². The fourth-order valence-corrected chi connectivity index (χ4v) is 2.14. The predicted molar refractivity (Wildman–Crippen MR) is 86.2 cm³/mol. The molecule has 0 aliphatic rings. The molecule has 0 aliphatic heterocycles. The van der Waals surface area contributed by atoms with Gasteiger partial charge in [0.1, 0.15) is 23.8 Å². The van der Waals surface area contributed by atoms with E-state index in [1.54, 1.807) is 0 Å². The summed E-state index contributed by atoms with van der Waals surface area (Å²) in [5, 5.41) is 3.41. The standard InChI is InChI=1S/C16H25N5/c1-7-8-17-15-11(4)16(20-14(19-15)10(2)3)21-9-18-12(5)13(21)6/h9-10H,7-8H2,1-6H3,(H,17,19,20). The van der Waals surface area contributed by atoms with Crippen molar-refractivity contribution in [3.63, 3.8) is 0 Å². The van der Waals surface area contributed by atoms with Crippen LogP contribution < -0.4 is 5.32 Å². The zero-order valence-corrected chi connectivity index (χ0v) is 13.9.